The van der Waals surface area contributed by atoms with Crippen LogP contribution in [-0.4, -0.2) is 60.9 Å². The molecular formula is C14H19N3O5S. The Morgan fingerprint density at radius 3 is 2.57 bits per heavy atom. The van der Waals surface area contributed by atoms with Crippen LogP contribution in [0.25, 0.3) is 0 Å². The van der Waals surface area contributed by atoms with Gasteiger partial charge in [-0.15, -0.1) is 0 Å². The summed E-state index contributed by atoms with van der Waals surface area (Å²) in [5.41, 5.74) is 0.292. The van der Waals surface area contributed by atoms with Crippen molar-refractivity contribution >= 4 is 21.6 Å². The summed E-state index contributed by atoms with van der Waals surface area (Å²) in [5.74, 6) is -0.227. The molecule has 1 amide bonds. The first-order chi connectivity index (χ1) is 10.8. The maximum Gasteiger partial charge on any atom is 0.273 e. The number of sulfonamides is 1. The standard InChI is InChI=1S/C14H19N3O5S/c1-23(21,22)16-8-4-7-15(9-10-16)14(18)11-12-5-2-3-6-13(12)17(19)20/h2-3,5-6H,4,7-11H2,1H3. The summed E-state index contributed by atoms with van der Waals surface area (Å²) in [4.78, 5) is 24.4. The van der Waals surface area contributed by atoms with Gasteiger partial charge in [0.25, 0.3) is 5.69 Å². The first-order valence-electron chi connectivity index (χ1n) is 7.24. The minimum Gasteiger partial charge on any atom is -0.341 e. The Balaban J connectivity index is 2.06. The molecule has 1 aliphatic rings. The van der Waals surface area contributed by atoms with Crippen molar-refractivity contribution in [1.82, 2.24) is 9.21 Å². The lowest BCUT2D eigenvalue weighted by Crippen LogP contribution is -2.37. The van der Waals surface area contributed by atoms with E-state index in [0.717, 1.165) is 6.26 Å². The van der Waals surface area contributed by atoms with Gasteiger partial charge in [-0.2, -0.15) is 0 Å². The van der Waals surface area contributed by atoms with Crippen LogP contribution in [0.4, 0.5) is 5.69 Å². The number of carbonyl (C=O) groups is 1. The molecule has 1 heterocycles. The fraction of sp³-hybridized carbons (Fsp3) is 0.500. The Morgan fingerprint density at radius 2 is 1.91 bits per heavy atom. The summed E-state index contributed by atoms with van der Waals surface area (Å²) in [7, 11) is -3.27. The predicted octanol–water partition coefficient (Wildman–Crippen LogP) is 0.631. The highest BCUT2D eigenvalue weighted by Gasteiger charge is 2.25. The van der Waals surface area contributed by atoms with Crippen molar-refractivity contribution in [2.24, 2.45) is 0 Å². The van der Waals surface area contributed by atoms with Crippen LogP contribution in [-0.2, 0) is 21.2 Å². The zero-order valence-electron chi connectivity index (χ0n) is 12.8. The molecule has 1 aromatic carbocycles. The van der Waals surface area contributed by atoms with E-state index in [1.165, 1.54) is 10.4 Å². The fourth-order valence-corrected chi connectivity index (χ4v) is 3.46. The largest absolute Gasteiger partial charge is 0.341 e. The zero-order chi connectivity index (χ0) is 17.0. The molecule has 0 aliphatic carbocycles. The molecule has 0 saturated carbocycles. The second-order valence-corrected chi connectivity index (χ2v) is 7.44. The Bertz CT molecular complexity index is 704. The minimum absolute atomic E-state index is 0.0595. The molecule has 0 bridgehead atoms. The maximum absolute atomic E-state index is 12.4. The first kappa shape index (κ1) is 17.4. The van der Waals surface area contributed by atoms with Crippen molar-refractivity contribution < 1.29 is 18.1 Å². The molecule has 0 atom stereocenters. The number of nitro groups is 1. The highest BCUT2D eigenvalue weighted by Crippen LogP contribution is 2.19. The van der Waals surface area contributed by atoms with Gasteiger partial charge >= 0.3 is 0 Å². The van der Waals surface area contributed by atoms with E-state index < -0.39 is 14.9 Å². The van der Waals surface area contributed by atoms with Crippen molar-refractivity contribution in [2.45, 2.75) is 12.8 Å². The van der Waals surface area contributed by atoms with Gasteiger partial charge in [0.15, 0.2) is 0 Å². The molecule has 0 spiro atoms. The Labute approximate surface area is 134 Å². The van der Waals surface area contributed by atoms with Crippen LogP contribution in [0.3, 0.4) is 0 Å². The van der Waals surface area contributed by atoms with E-state index in [4.69, 9.17) is 0 Å². The number of amides is 1. The van der Waals surface area contributed by atoms with Gasteiger partial charge < -0.3 is 4.90 Å². The van der Waals surface area contributed by atoms with Crippen LogP contribution < -0.4 is 0 Å². The fourth-order valence-electron chi connectivity index (χ4n) is 2.59. The van der Waals surface area contributed by atoms with E-state index in [1.807, 2.05) is 0 Å². The third-order valence-electron chi connectivity index (χ3n) is 3.81. The summed E-state index contributed by atoms with van der Waals surface area (Å²) in [6, 6.07) is 6.15. The smallest absolute Gasteiger partial charge is 0.273 e. The number of hydrogen-bond acceptors (Lipinski definition) is 5. The Kier molecular flexibility index (Phi) is 5.32. The van der Waals surface area contributed by atoms with Crippen molar-refractivity contribution in [3.63, 3.8) is 0 Å². The molecule has 0 aromatic heterocycles. The molecule has 1 saturated heterocycles. The number of nitrogens with zero attached hydrogens (tertiary/aromatic N) is 3. The van der Waals surface area contributed by atoms with E-state index >= 15 is 0 Å². The molecule has 1 fully saturated rings. The number of carbonyl (C=O) groups excluding carboxylic acids is 1. The van der Waals surface area contributed by atoms with Crippen molar-refractivity contribution in [3.05, 3.63) is 39.9 Å². The lowest BCUT2D eigenvalue weighted by atomic mass is 10.1. The molecule has 0 radical (unpaired) electrons. The normalized spacial score (nSPS) is 16.8. The van der Waals surface area contributed by atoms with Gasteiger partial charge in [-0.1, -0.05) is 18.2 Å². The SMILES string of the molecule is CS(=O)(=O)N1CCCN(C(=O)Cc2ccccc2[N+](=O)[O-])CC1. The van der Waals surface area contributed by atoms with Crippen LogP contribution in [0.5, 0.6) is 0 Å². The van der Waals surface area contributed by atoms with Gasteiger partial charge in [0.1, 0.15) is 0 Å². The van der Waals surface area contributed by atoms with Gasteiger partial charge in [-0.05, 0) is 6.42 Å². The average molecular weight is 341 g/mol. The van der Waals surface area contributed by atoms with E-state index in [1.54, 1.807) is 23.1 Å². The van der Waals surface area contributed by atoms with Crippen molar-refractivity contribution in [3.8, 4) is 0 Å². The lowest BCUT2D eigenvalue weighted by molar-refractivity contribution is -0.385. The van der Waals surface area contributed by atoms with Gasteiger partial charge in [0, 0.05) is 37.8 Å². The Morgan fingerprint density at radius 1 is 1.22 bits per heavy atom. The molecule has 1 aromatic rings. The number of benzene rings is 1. The highest BCUT2D eigenvalue weighted by molar-refractivity contribution is 7.88. The third kappa shape index (κ3) is 4.49. The topological polar surface area (TPSA) is 101 Å². The second-order valence-electron chi connectivity index (χ2n) is 5.46. The highest BCUT2D eigenvalue weighted by atomic mass is 32.2. The Hall–Kier alpha value is -2.00. The van der Waals surface area contributed by atoms with Gasteiger partial charge in [-0.25, -0.2) is 12.7 Å². The molecule has 126 valence electrons. The van der Waals surface area contributed by atoms with Crippen LogP contribution in [0.2, 0.25) is 0 Å². The third-order valence-corrected chi connectivity index (χ3v) is 5.11. The number of para-hydroxylation sites is 1. The van der Waals surface area contributed by atoms with E-state index in [0.29, 0.717) is 31.6 Å². The molecular weight excluding hydrogens is 322 g/mol. The van der Waals surface area contributed by atoms with E-state index in [-0.39, 0.29) is 24.6 Å². The van der Waals surface area contributed by atoms with Crippen molar-refractivity contribution in [1.29, 1.82) is 0 Å². The van der Waals surface area contributed by atoms with E-state index in [9.17, 15) is 23.3 Å². The molecule has 0 N–H and O–H groups in total. The monoisotopic (exact) mass is 341 g/mol. The zero-order valence-corrected chi connectivity index (χ0v) is 13.7. The second kappa shape index (κ2) is 7.05. The van der Waals surface area contributed by atoms with Gasteiger partial charge in [-0.3, -0.25) is 14.9 Å². The molecule has 8 nitrogen and oxygen atoms in total. The number of nitro benzene ring substituents is 1. The molecule has 23 heavy (non-hydrogen) atoms. The summed E-state index contributed by atoms with van der Waals surface area (Å²) in [6.45, 7) is 1.38. The van der Waals surface area contributed by atoms with Gasteiger partial charge in [0.05, 0.1) is 17.6 Å². The summed E-state index contributed by atoms with van der Waals surface area (Å²) in [6.07, 6.45) is 1.64. The predicted molar refractivity (Wildman–Crippen MR) is 84.4 cm³/mol. The average Bonchev–Trinajstić information content (AvgIpc) is 2.73. The van der Waals surface area contributed by atoms with Gasteiger partial charge in [0.2, 0.25) is 15.9 Å². The quantitative estimate of drug-likeness (QED) is 0.590. The first-order valence-corrected chi connectivity index (χ1v) is 9.09. The van der Waals surface area contributed by atoms with Crippen LogP contribution in [0.15, 0.2) is 24.3 Å². The molecule has 1 aliphatic heterocycles. The van der Waals surface area contributed by atoms with Crippen molar-refractivity contribution in [2.75, 3.05) is 32.4 Å². The summed E-state index contributed by atoms with van der Waals surface area (Å²) in [5, 5.41) is 11.0. The minimum atomic E-state index is -3.27. The molecule has 0 unspecified atom stereocenters. The molecule has 2 rings (SSSR count). The maximum atomic E-state index is 12.4. The van der Waals surface area contributed by atoms with Crippen LogP contribution in [0.1, 0.15) is 12.0 Å². The summed E-state index contributed by atoms with van der Waals surface area (Å²) >= 11 is 0. The summed E-state index contributed by atoms with van der Waals surface area (Å²) < 4.78 is 24.5. The van der Waals surface area contributed by atoms with Crippen LogP contribution in [0, 0.1) is 10.1 Å². The van der Waals surface area contributed by atoms with Crippen LogP contribution >= 0.6 is 0 Å². The lowest BCUT2D eigenvalue weighted by Gasteiger charge is -2.21. The van der Waals surface area contributed by atoms with E-state index in [2.05, 4.69) is 0 Å². The molecule has 9 heteroatoms. The number of hydrogen-bond donors (Lipinski definition) is 0. The number of rotatable bonds is 4.